The molecule has 0 atom stereocenters. The molecule has 0 amide bonds. The van der Waals surface area contributed by atoms with Crippen LogP contribution in [0.1, 0.15) is 49.5 Å². The molecule has 2 heterocycles. The molecule has 0 saturated carbocycles. The Morgan fingerprint density at radius 2 is 1.11 bits per heavy atom. The van der Waals surface area contributed by atoms with Gasteiger partial charge in [0.1, 0.15) is 0 Å². The van der Waals surface area contributed by atoms with Crippen LogP contribution in [-0.4, -0.2) is 9.97 Å². The van der Waals surface area contributed by atoms with E-state index >= 15 is 0 Å². The van der Waals surface area contributed by atoms with Gasteiger partial charge in [-0.15, -0.1) is 0 Å². The molecule has 0 aliphatic heterocycles. The first-order chi connectivity index (χ1) is 9.31. The summed E-state index contributed by atoms with van der Waals surface area (Å²) in [6.07, 6.45) is 5.21. The lowest BCUT2D eigenvalue weighted by Crippen LogP contribution is -2.00. The molecule has 2 aromatic rings. The zero-order valence-corrected chi connectivity index (χ0v) is 11.9. The Labute approximate surface area is 115 Å². The number of hydrogen-bond donors (Lipinski definition) is 0. The number of aromatic nitrogens is 2. The largest absolute Gasteiger partial charge is 0.257 e. The van der Waals surface area contributed by atoms with Crippen molar-refractivity contribution in [2.75, 3.05) is 0 Å². The lowest BCUT2D eigenvalue weighted by atomic mass is 10.1. The highest BCUT2D eigenvalue weighted by Gasteiger charge is 2.02. The van der Waals surface area contributed by atoms with E-state index < -0.39 is 0 Å². The lowest BCUT2D eigenvalue weighted by Gasteiger charge is -2.05. The van der Waals surface area contributed by atoms with Gasteiger partial charge in [0.05, 0.1) is 0 Å². The topological polar surface area (TPSA) is 25.8 Å². The average molecular weight is 254 g/mol. The van der Waals surface area contributed by atoms with Crippen molar-refractivity contribution in [3.05, 3.63) is 59.2 Å². The van der Waals surface area contributed by atoms with Gasteiger partial charge < -0.3 is 0 Å². The number of nitrogens with zero attached hydrogens (tertiary/aromatic N) is 2. The molecule has 2 nitrogen and oxygen atoms in total. The first kappa shape index (κ1) is 13.7. The number of rotatable bonds is 6. The third kappa shape index (κ3) is 4.16. The summed E-state index contributed by atoms with van der Waals surface area (Å²) >= 11 is 0. The Morgan fingerprint density at radius 1 is 0.684 bits per heavy atom. The molecule has 0 radical (unpaired) electrons. The molecular weight excluding hydrogens is 232 g/mol. The normalized spacial score (nSPS) is 10.6. The van der Waals surface area contributed by atoms with Crippen LogP contribution in [0.25, 0.3) is 0 Å². The van der Waals surface area contributed by atoms with E-state index in [4.69, 9.17) is 9.97 Å². The molecular formula is C17H22N2. The van der Waals surface area contributed by atoms with E-state index in [0.29, 0.717) is 0 Å². The van der Waals surface area contributed by atoms with Crippen LogP contribution < -0.4 is 0 Å². The monoisotopic (exact) mass is 254 g/mol. The molecule has 0 bridgehead atoms. The Morgan fingerprint density at radius 3 is 1.53 bits per heavy atom. The third-order valence-corrected chi connectivity index (χ3v) is 3.10. The molecule has 2 aromatic heterocycles. The highest BCUT2D eigenvalue weighted by molar-refractivity contribution is 5.19. The summed E-state index contributed by atoms with van der Waals surface area (Å²) < 4.78 is 0. The van der Waals surface area contributed by atoms with E-state index in [2.05, 4.69) is 50.2 Å². The quantitative estimate of drug-likeness (QED) is 0.779. The van der Waals surface area contributed by atoms with Gasteiger partial charge in [0.25, 0.3) is 0 Å². The zero-order valence-electron chi connectivity index (χ0n) is 11.9. The van der Waals surface area contributed by atoms with Crippen molar-refractivity contribution in [3.8, 4) is 0 Å². The predicted molar refractivity (Wildman–Crippen MR) is 79.3 cm³/mol. The summed E-state index contributed by atoms with van der Waals surface area (Å²) in [6, 6.07) is 12.6. The number of aryl methyl sites for hydroxylation is 2. The van der Waals surface area contributed by atoms with Crippen molar-refractivity contribution in [1.82, 2.24) is 9.97 Å². The maximum Gasteiger partial charge on any atom is 0.0466 e. The lowest BCUT2D eigenvalue weighted by molar-refractivity contribution is 0.847. The van der Waals surface area contributed by atoms with Crippen LogP contribution in [-0.2, 0) is 19.3 Å². The van der Waals surface area contributed by atoms with Crippen molar-refractivity contribution in [3.63, 3.8) is 0 Å². The fourth-order valence-electron chi connectivity index (χ4n) is 2.23. The van der Waals surface area contributed by atoms with Crippen molar-refractivity contribution < 1.29 is 0 Å². The summed E-state index contributed by atoms with van der Waals surface area (Å²) in [5.41, 5.74) is 4.61. The SMILES string of the molecule is CCCc1cccc(Cc2cccc(CCC)n2)n1. The van der Waals surface area contributed by atoms with Crippen LogP contribution in [0, 0.1) is 0 Å². The molecule has 0 fully saturated rings. The molecule has 2 heteroatoms. The molecule has 2 rings (SSSR count). The second-order valence-electron chi connectivity index (χ2n) is 4.92. The molecule has 100 valence electrons. The highest BCUT2D eigenvalue weighted by atomic mass is 14.7. The first-order valence-corrected chi connectivity index (χ1v) is 7.21. The molecule has 0 spiro atoms. The number of pyridine rings is 2. The van der Waals surface area contributed by atoms with Crippen molar-refractivity contribution in [2.45, 2.75) is 46.0 Å². The minimum Gasteiger partial charge on any atom is -0.257 e. The van der Waals surface area contributed by atoms with Gasteiger partial charge in [-0.25, -0.2) is 0 Å². The molecule has 19 heavy (non-hydrogen) atoms. The van der Waals surface area contributed by atoms with E-state index in [1.165, 1.54) is 11.4 Å². The highest BCUT2D eigenvalue weighted by Crippen LogP contribution is 2.09. The molecule has 0 aromatic carbocycles. The molecule has 0 aliphatic rings. The fourth-order valence-corrected chi connectivity index (χ4v) is 2.23. The van der Waals surface area contributed by atoms with Gasteiger partial charge in [-0.1, -0.05) is 38.8 Å². The second kappa shape index (κ2) is 7.03. The summed E-state index contributed by atoms with van der Waals surface area (Å²) in [5, 5.41) is 0. The maximum atomic E-state index is 4.69. The molecule has 0 saturated heterocycles. The standard InChI is InChI=1S/C17H22N2/c1-3-7-14-9-5-11-16(18-14)13-17-12-6-10-15(19-17)8-4-2/h5-6,9-12H,3-4,7-8,13H2,1-2H3. The van der Waals surface area contributed by atoms with E-state index in [-0.39, 0.29) is 0 Å². The van der Waals surface area contributed by atoms with Gasteiger partial charge in [0.2, 0.25) is 0 Å². The van der Waals surface area contributed by atoms with Crippen molar-refractivity contribution in [1.29, 1.82) is 0 Å². The van der Waals surface area contributed by atoms with Crippen LogP contribution in [0.15, 0.2) is 36.4 Å². The van der Waals surface area contributed by atoms with Crippen LogP contribution in [0.3, 0.4) is 0 Å². The summed E-state index contributed by atoms with van der Waals surface area (Å²) in [4.78, 5) is 9.39. The van der Waals surface area contributed by atoms with Crippen LogP contribution in [0.2, 0.25) is 0 Å². The van der Waals surface area contributed by atoms with Gasteiger partial charge >= 0.3 is 0 Å². The fraction of sp³-hybridized carbons (Fsp3) is 0.412. The van der Waals surface area contributed by atoms with Gasteiger partial charge in [0.15, 0.2) is 0 Å². The maximum absolute atomic E-state index is 4.69. The zero-order chi connectivity index (χ0) is 13.5. The Balaban J connectivity index is 2.11. The van der Waals surface area contributed by atoms with Crippen molar-refractivity contribution >= 4 is 0 Å². The predicted octanol–water partition coefficient (Wildman–Crippen LogP) is 3.97. The van der Waals surface area contributed by atoms with Gasteiger partial charge in [-0.05, 0) is 37.1 Å². The van der Waals surface area contributed by atoms with Gasteiger partial charge in [0, 0.05) is 29.2 Å². The Hall–Kier alpha value is -1.70. The van der Waals surface area contributed by atoms with Crippen LogP contribution >= 0.6 is 0 Å². The first-order valence-electron chi connectivity index (χ1n) is 7.21. The average Bonchev–Trinajstić information content (AvgIpc) is 2.40. The van der Waals surface area contributed by atoms with E-state index in [1.54, 1.807) is 0 Å². The van der Waals surface area contributed by atoms with E-state index in [9.17, 15) is 0 Å². The van der Waals surface area contributed by atoms with E-state index in [1.807, 2.05) is 0 Å². The summed E-state index contributed by atoms with van der Waals surface area (Å²) in [5.74, 6) is 0. The second-order valence-corrected chi connectivity index (χ2v) is 4.92. The van der Waals surface area contributed by atoms with E-state index in [0.717, 1.165) is 43.5 Å². The van der Waals surface area contributed by atoms with Crippen LogP contribution in [0.5, 0.6) is 0 Å². The summed E-state index contributed by atoms with van der Waals surface area (Å²) in [6.45, 7) is 4.37. The molecule has 0 N–H and O–H groups in total. The number of hydrogen-bond acceptors (Lipinski definition) is 2. The molecule has 0 aliphatic carbocycles. The van der Waals surface area contributed by atoms with Crippen molar-refractivity contribution in [2.24, 2.45) is 0 Å². The Bertz CT molecular complexity index is 473. The van der Waals surface area contributed by atoms with Gasteiger partial charge in [-0.3, -0.25) is 9.97 Å². The summed E-state index contributed by atoms with van der Waals surface area (Å²) in [7, 11) is 0. The smallest absolute Gasteiger partial charge is 0.0466 e. The minimum absolute atomic E-state index is 0.828. The molecule has 0 unspecified atom stereocenters. The van der Waals surface area contributed by atoms with Crippen LogP contribution in [0.4, 0.5) is 0 Å². The third-order valence-electron chi connectivity index (χ3n) is 3.10. The minimum atomic E-state index is 0.828. The Kier molecular flexibility index (Phi) is 5.08. The van der Waals surface area contributed by atoms with Gasteiger partial charge in [-0.2, -0.15) is 0 Å².